The highest BCUT2D eigenvalue weighted by atomic mass is 32.2. The molecule has 6 heteroatoms. The highest BCUT2D eigenvalue weighted by Crippen LogP contribution is 2.72. The summed E-state index contributed by atoms with van der Waals surface area (Å²) in [5.74, 6) is 1.10. The molecular formula is C23H37NO4S. The van der Waals surface area contributed by atoms with Crippen molar-refractivity contribution >= 4 is 16.0 Å². The molecule has 5 nitrogen and oxygen atoms in total. The average molecular weight is 424 g/mol. The highest BCUT2D eigenvalue weighted by Gasteiger charge is 2.62. The Hall–Kier alpha value is -0.880. The Morgan fingerprint density at radius 1 is 1.14 bits per heavy atom. The molecule has 3 saturated carbocycles. The minimum atomic E-state index is -3.38. The molecule has 1 saturated heterocycles. The Morgan fingerprint density at radius 2 is 1.86 bits per heavy atom. The van der Waals surface area contributed by atoms with Crippen LogP contribution in [0, 0.1) is 28.1 Å². The van der Waals surface area contributed by atoms with Crippen LogP contribution in [0.4, 0.5) is 0 Å². The first-order valence-electron chi connectivity index (χ1n) is 11.3. The molecule has 4 rings (SSSR count). The number of ether oxygens (including phenoxy) is 1. The van der Waals surface area contributed by atoms with Gasteiger partial charge in [0.15, 0.2) is 0 Å². The van der Waals surface area contributed by atoms with Crippen molar-refractivity contribution in [3.63, 3.8) is 0 Å². The summed E-state index contributed by atoms with van der Waals surface area (Å²) < 4.78 is 30.9. The van der Waals surface area contributed by atoms with Gasteiger partial charge in [-0.3, -0.25) is 0 Å². The Kier molecular flexibility index (Phi) is 5.21. The molecule has 0 amide bonds. The van der Waals surface area contributed by atoms with Gasteiger partial charge in [0.05, 0.1) is 17.9 Å². The minimum absolute atomic E-state index is 0.0963. The molecule has 1 spiro atoms. The first-order chi connectivity index (χ1) is 13.5. The van der Waals surface area contributed by atoms with E-state index in [1.54, 1.807) is 0 Å². The van der Waals surface area contributed by atoms with Gasteiger partial charge in [0.2, 0.25) is 10.0 Å². The normalized spacial score (nSPS) is 39.4. The number of hydrogen-bond donors (Lipinski definition) is 1. The number of fused-ring (bicyclic) bond motifs is 1. The van der Waals surface area contributed by atoms with Crippen LogP contribution in [-0.4, -0.2) is 33.3 Å². The average Bonchev–Trinajstić information content (AvgIpc) is 3.28. The van der Waals surface area contributed by atoms with Crippen molar-refractivity contribution in [2.45, 2.75) is 84.6 Å². The van der Waals surface area contributed by atoms with Gasteiger partial charge in [-0.05, 0) is 79.4 Å². The largest absolute Gasteiger partial charge is 0.460 e. The number of allylic oxidation sites excluding steroid dienone is 1. The molecule has 1 heterocycles. The van der Waals surface area contributed by atoms with Crippen LogP contribution in [-0.2, 0) is 19.6 Å². The van der Waals surface area contributed by atoms with E-state index in [1.807, 2.05) is 6.08 Å². The van der Waals surface area contributed by atoms with Gasteiger partial charge in [0, 0.05) is 0 Å². The molecule has 0 bridgehead atoms. The summed E-state index contributed by atoms with van der Waals surface area (Å²) in [5, 5.41) is 0. The van der Waals surface area contributed by atoms with E-state index < -0.39 is 16.1 Å². The second-order valence-electron chi connectivity index (χ2n) is 11.1. The molecule has 1 N–H and O–H groups in total. The van der Waals surface area contributed by atoms with E-state index in [4.69, 9.17) is 4.74 Å². The van der Waals surface area contributed by atoms with Gasteiger partial charge in [-0.2, -0.15) is 0 Å². The first kappa shape index (κ1) is 21.4. The smallest absolute Gasteiger partial charge is 0.335 e. The van der Waals surface area contributed by atoms with Crippen LogP contribution in [0.5, 0.6) is 0 Å². The number of cyclic esters (lactones) is 1. The molecule has 0 aromatic heterocycles. The molecule has 4 atom stereocenters. The summed E-state index contributed by atoms with van der Waals surface area (Å²) in [4.78, 5) is 12.1. The topological polar surface area (TPSA) is 72.5 Å². The maximum atomic E-state index is 12.1. The zero-order valence-corrected chi connectivity index (χ0v) is 19.2. The van der Waals surface area contributed by atoms with Crippen LogP contribution < -0.4 is 4.72 Å². The number of esters is 1. The lowest BCUT2D eigenvalue weighted by atomic mass is 9.45. The predicted molar refractivity (Wildman–Crippen MR) is 114 cm³/mol. The maximum Gasteiger partial charge on any atom is 0.335 e. The molecule has 164 valence electrons. The first-order valence-corrected chi connectivity index (χ1v) is 13.2. The molecule has 1 aliphatic heterocycles. The predicted octanol–water partition coefficient (Wildman–Crippen LogP) is 4.19. The SMILES string of the molecule is CC1(C)CCC[C@@]2(C)[C@H]1CCC1(CC1)[C@@H]2CC/C=C1\C(=O)OC[C@H]1NS(C)(=O)=O. The van der Waals surface area contributed by atoms with Gasteiger partial charge >= 0.3 is 5.97 Å². The molecule has 3 aliphatic carbocycles. The number of nitrogens with one attached hydrogen (secondary N) is 1. The molecule has 4 fully saturated rings. The Balaban J connectivity index is 1.52. The van der Waals surface area contributed by atoms with E-state index in [1.165, 1.54) is 44.9 Å². The third kappa shape index (κ3) is 3.91. The molecule has 0 unspecified atom stereocenters. The molecule has 29 heavy (non-hydrogen) atoms. The van der Waals surface area contributed by atoms with Crippen LogP contribution in [0.2, 0.25) is 0 Å². The number of carbonyl (C=O) groups excluding carboxylic acids is 1. The van der Waals surface area contributed by atoms with E-state index in [0.717, 1.165) is 25.0 Å². The van der Waals surface area contributed by atoms with Gasteiger partial charge in [-0.1, -0.05) is 33.3 Å². The van der Waals surface area contributed by atoms with Crippen molar-refractivity contribution < 1.29 is 17.9 Å². The molecule has 0 radical (unpaired) electrons. The summed E-state index contributed by atoms with van der Waals surface area (Å²) >= 11 is 0. The molecule has 4 aliphatic rings. The second-order valence-corrected chi connectivity index (χ2v) is 12.9. The summed E-state index contributed by atoms with van der Waals surface area (Å²) in [6.07, 6.45) is 14.4. The van der Waals surface area contributed by atoms with Crippen molar-refractivity contribution in [2.75, 3.05) is 12.9 Å². The number of rotatable bonds is 5. The standard InChI is InChI=1S/C23H37NO4S/c1-21(2)10-6-11-22(3)18(21)9-12-23(13-14-23)19(22)8-5-7-16-17(15-28-20(16)25)24-29(4,26)27/h7,17-19,24H,5-6,8-15H2,1-4H3/b16-7-/t17-,18+,19-,22+/m1/s1. The molecule has 0 aromatic carbocycles. The van der Waals surface area contributed by atoms with Crippen molar-refractivity contribution in [3.8, 4) is 0 Å². The Morgan fingerprint density at radius 3 is 2.52 bits per heavy atom. The fraction of sp³-hybridized carbons (Fsp3) is 0.870. The van der Waals surface area contributed by atoms with Gasteiger partial charge in [0.25, 0.3) is 0 Å². The lowest BCUT2D eigenvalue weighted by Crippen LogP contribution is -2.52. The van der Waals surface area contributed by atoms with Gasteiger partial charge < -0.3 is 4.74 Å². The number of hydrogen-bond acceptors (Lipinski definition) is 4. The summed E-state index contributed by atoms with van der Waals surface area (Å²) in [5.41, 5.74) is 1.81. The van der Waals surface area contributed by atoms with Crippen molar-refractivity contribution in [3.05, 3.63) is 11.6 Å². The minimum Gasteiger partial charge on any atom is -0.460 e. The van der Waals surface area contributed by atoms with Crippen molar-refractivity contribution in [1.29, 1.82) is 0 Å². The summed E-state index contributed by atoms with van der Waals surface area (Å²) in [6, 6.07) is -0.546. The van der Waals surface area contributed by atoms with E-state index in [0.29, 0.717) is 27.7 Å². The van der Waals surface area contributed by atoms with E-state index in [9.17, 15) is 13.2 Å². The second kappa shape index (κ2) is 7.08. The Labute approximate surface area is 176 Å². The van der Waals surface area contributed by atoms with E-state index in [-0.39, 0.29) is 12.6 Å². The van der Waals surface area contributed by atoms with Gasteiger partial charge in [-0.25, -0.2) is 17.9 Å². The zero-order chi connectivity index (χ0) is 21.1. The van der Waals surface area contributed by atoms with Gasteiger partial charge in [0.1, 0.15) is 6.61 Å². The van der Waals surface area contributed by atoms with Crippen LogP contribution >= 0.6 is 0 Å². The van der Waals surface area contributed by atoms with Crippen LogP contribution in [0.3, 0.4) is 0 Å². The lowest BCUT2D eigenvalue weighted by Gasteiger charge is -2.60. The summed E-state index contributed by atoms with van der Waals surface area (Å²) in [7, 11) is -3.38. The zero-order valence-electron chi connectivity index (χ0n) is 18.4. The number of sulfonamides is 1. The van der Waals surface area contributed by atoms with Crippen LogP contribution in [0.1, 0.15) is 78.6 Å². The van der Waals surface area contributed by atoms with Crippen LogP contribution in [0.15, 0.2) is 11.6 Å². The third-order valence-electron chi connectivity index (χ3n) is 8.80. The molecule has 0 aromatic rings. The van der Waals surface area contributed by atoms with Crippen molar-refractivity contribution in [1.82, 2.24) is 4.72 Å². The van der Waals surface area contributed by atoms with Crippen molar-refractivity contribution in [2.24, 2.45) is 28.1 Å². The maximum absolute atomic E-state index is 12.1. The fourth-order valence-electron chi connectivity index (χ4n) is 7.47. The lowest BCUT2D eigenvalue weighted by molar-refractivity contribution is -0.135. The molecular weight excluding hydrogens is 386 g/mol. The van der Waals surface area contributed by atoms with Crippen LogP contribution in [0.25, 0.3) is 0 Å². The fourth-order valence-corrected chi connectivity index (χ4v) is 8.18. The van der Waals surface area contributed by atoms with E-state index >= 15 is 0 Å². The van der Waals surface area contributed by atoms with E-state index in [2.05, 4.69) is 25.5 Å². The highest BCUT2D eigenvalue weighted by molar-refractivity contribution is 7.88. The monoisotopic (exact) mass is 423 g/mol. The van der Waals surface area contributed by atoms with Gasteiger partial charge in [-0.15, -0.1) is 0 Å². The Bertz CT molecular complexity index is 811. The number of carbonyl (C=O) groups is 1. The third-order valence-corrected chi connectivity index (χ3v) is 9.52. The quantitative estimate of drug-likeness (QED) is 0.532. The summed E-state index contributed by atoms with van der Waals surface area (Å²) in [6.45, 7) is 7.58.